The molecule has 0 aliphatic carbocycles. The molecule has 0 bridgehead atoms. The molecule has 0 N–H and O–H groups in total. The lowest BCUT2D eigenvalue weighted by Crippen LogP contribution is -2.21. The van der Waals surface area contributed by atoms with E-state index in [1.54, 1.807) is 0 Å². The largest absolute Gasteiger partial charge is 0.466 e. The van der Waals surface area contributed by atoms with Gasteiger partial charge in [0.15, 0.2) is 6.29 Å². The van der Waals surface area contributed by atoms with E-state index in [1.807, 2.05) is 0 Å². The fourth-order valence-electron chi connectivity index (χ4n) is 3.34. The van der Waals surface area contributed by atoms with Gasteiger partial charge in [0.2, 0.25) is 0 Å². The van der Waals surface area contributed by atoms with E-state index >= 15 is 0 Å². The Kier molecular flexibility index (Phi) is 27.0. The summed E-state index contributed by atoms with van der Waals surface area (Å²) in [6, 6.07) is 0. The number of halogens is 1. The normalized spacial score (nSPS) is 11.9. The first-order chi connectivity index (χ1) is 16.2. The maximum atomic E-state index is 12.1. The van der Waals surface area contributed by atoms with Gasteiger partial charge in [0.05, 0.1) is 13.0 Å². The quantitative estimate of drug-likeness (QED) is 0.0389. The van der Waals surface area contributed by atoms with Crippen molar-refractivity contribution in [3.05, 3.63) is 24.3 Å². The zero-order chi connectivity index (χ0) is 24.2. The van der Waals surface area contributed by atoms with Crippen LogP contribution in [0.3, 0.4) is 0 Å². The van der Waals surface area contributed by atoms with Crippen LogP contribution in [0.25, 0.3) is 0 Å². The fourth-order valence-corrected chi connectivity index (χ4v) is 3.74. The minimum Gasteiger partial charge on any atom is -0.466 e. The lowest BCUT2D eigenvalue weighted by Gasteiger charge is -2.18. The molecule has 0 saturated carbocycles. The highest BCUT2D eigenvalue weighted by atomic mass is 79.9. The monoisotopic (exact) mass is 530 g/mol. The number of ether oxygens (including phenoxy) is 3. The molecule has 0 rings (SSSR count). The Morgan fingerprint density at radius 1 is 0.697 bits per heavy atom. The molecule has 4 nitrogen and oxygen atoms in total. The van der Waals surface area contributed by atoms with Crippen LogP contribution >= 0.6 is 15.9 Å². The van der Waals surface area contributed by atoms with E-state index in [2.05, 4.69) is 54.1 Å². The molecule has 0 aliphatic heterocycles. The number of unbranched alkanes of at least 4 members (excludes halogenated alkanes) is 9. The van der Waals surface area contributed by atoms with E-state index < -0.39 is 0 Å². The van der Waals surface area contributed by atoms with Crippen molar-refractivity contribution < 1.29 is 19.0 Å². The summed E-state index contributed by atoms with van der Waals surface area (Å²) in [6.07, 6.45) is 25.2. The smallest absolute Gasteiger partial charge is 0.305 e. The number of rotatable bonds is 25. The summed E-state index contributed by atoms with van der Waals surface area (Å²) in [7, 11) is 0. The molecule has 0 aromatic heterocycles. The zero-order valence-corrected chi connectivity index (χ0v) is 23.1. The Labute approximate surface area is 213 Å². The summed E-state index contributed by atoms with van der Waals surface area (Å²) >= 11 is 3.46. The topological polar surface area (TPSA) is 44.8 Å². The molecule has 194 valence electrons. The van der Waals surface area contributed by atoms with Gasteiger partial charge in [0.25, 0.3) is 0 Å². The number of allylic oxidation sites excluding steroid dienone is 4. The molecule has 0 fully saturated rings. The van der Waals surface area contributed by atoms with Crippen molar-refractivity contribution in [1.29, 1.82) is 0 Å². The average molecular weight is 532 g/mol. The van der Waals surface area contributed by atoms with Gasteiger partial charge in [-0.1, -0.05) is 79.8 Å². The molecule has 0 amide bonds. The molecular weight excluding hydrogens is 480 g/mol. The second kappa shape index (κ2) is 27.6. The molecule has 0 atom stereocenters. The number of esters is 1. The van der Waals surface area contributed by atoms with Crippen LogP contribution in [0.15, 0.2) is 24.3 Å². The highest BCUT2D eigenvalue weighted by Crippen LogP contribution is 2.11. The first-order valence-corrected chi connectivity index (χ1v) is 14.6. The minimum atomic E-state index is -0.315. The van der Waals surface area contributed by atoms with Gasteiger partial charge in [0.1, 0.15) is 0 Å². The molecule has 0 aromatic rings. The Balaban J connectivity index is 4.03. The summed E-state index contributed by atoms with van der Waals surface area (Å²) in [5.41, 5.74) is 0. The molecule has 0 spiro atoms. The van der Waals surface area contributed by atoms with Gasteiger partial charge in [-0.3, -0.25) is 4.79 Å². The predicted molar refractivity (Wildman–Crippen MR) is 144 cm³/mol. The number of alkyl halides is 1. The zero-order valence-electron chi connectivity index (χ0n) is 21.5. The second-order valence-electron chi connectivity index (χ2n) is 8.49. The second-order valence-corrected chi connectivity index (χ2v) is 9.28. The summed E-state index contributed by atoms with van der Waals surface area (Å²) in [5.74, 6) is -0.138. The maximum absolute atomic E-state index is 12.1. The number of hydrogen-bond donors (Lipinski definition) is 0. The number of carbonyl (C=O) groups excluding carboxylic acids is 1. The fraction of sp³-hybridized carbons (Fsp3) is 0.821. The van der Waals surface area contributed by atoms with E-state index in [1.165, 1.54) is 25.7 Å². The molecule has 0 saturated heterocycles. The Morgan fingerprint density at radius 3 is 1.76 bits per heavy atom. The van der Waals surface area contributed by atoms with Crippen molar-refractivity contribution in [2.24, 2.45) is 0 Å². The van der Waals surface area contributed by atoms with Crippen LogP contribution < -0.4 is 0 Å². The number of carbonyl (C=O) groups is 1. The van der Waals surface area contributed by atoms with E-state index in [4.69, 9.17) is 14.2 Å². The SMILES string of the molecule is CC/C=C\CCCCOC(CCC(=O)OCCCCCCCCBr)OCCCC/C=C\CC. The summed E-state index contributed by atoms with van der Waals surface area (Å²) in [4.78, 5) is 12.1. The third kappa shape index (κ3) is 25.8. The summed E-state index contributed by atoms with van der Waals surface area (Å²) in [5, 5.41) is 1.09. The molecule has 0 radical (unpaired) electrons. The van der Waals surface area contributed by atoms with E-state index in [9.17, 15) is 4.79 Å². The highest BCUT2D eigenvalue weighted by molar-refractivity contribution is 9.09. The van der Waals surface area contributed by atoms with Gasteiger partial charge in [-0.05, 0) is 64.2 Å². The van der Waals surface area contributed by atoms with Crippen LogP contribution in [0.5, 0.6) is 0 Å². The minimum absolute atomic E-state index is 0.138. The van der Waals surface area contributed by atoms with Crippen molar-refractivity contribution >= 4 is 21.9 Å². The van der Waals surface area contributed by atoms with Gasteiger partial charge < -0.3 is 14.2 Å². The molecule has 0 aromatic carbocycles. The Bertz CT molecular complexity index is 441. The third-order valence-electron chi connectivity index (χ3n) is 5.32. The first kappa shape index (κ1) is 32.4. The van der Waals surface area contributed by atoms with Crippen LogP contribution in [-0.4, -0.2) is 37.4 Å². The van der Waals surface area contributed by atoms with Crippen LogP contribution in [-0.2, 0) is 19.0 Å². The van der Waals surface area contributed by atoms with Crippen molar-refractivity contribution in [3.63, 3.8) is 0 Å². The highest BCUT2D eigenvalue weighted by Gasteiger charge is 2.13. The van der Waals surface area contributed by atoms with Crippen LogP contribution in [0.2, 0.25) is 0 Å². The molecule has 0 aliphatic rings. The summed E-state index contributed by atoms with van der Waals surface area (Å²) < 4.78 is 17.3. The number of hydrogen-bond acceptors (Lipinski definition) is 4. The van der Waals surface area contributed by atoms with E-state index in [-0.39, 0.29) is 12.3 Å². The molecule has 5 heteroatoms. The lowest BCUT2D eigenvalue weighted by atomic mass is 10.1. The van der Waals surface area contributed by atoms with Crippen molar-refractivity contribution in [2.75, 3.05) is 25.2 Å². The molecule has 33 heavy (non-hydrogen) atoms. The van der Waals surface area contributed by atoms with Crippen molar-refractivity contribution in [2.45, 2.75) is 123 Å². The van der Waals surface area contributed by atoms with Crippen LogP contribution in [0.1, 0.15) is 117 Å². The van der Waals surface area contributed by atoms with Crippen LogP contribution in [0, 0.1) is 0 Å². The molecule has 0 unspecified atom stereocenters. The van der Waals surface area contributed by atoms with Crippen LogP contribution in [0.4, 0.5) is 0 Å². The maximum Gasteiger partial charge on any atom is 0.305 e. The Hall–Kier alpha value is -0.650. The van der Waals surface area contributed by atoms with Crippen molar-refractivity contribution in [3.8, 4) is 0 Å². The molecule has 0 heterocycles. The lowest BCUT2D eigenvalue weighted by molar-refractivity contribution is -0.159. The van der Waals surface area contributed by atoms with E-state index in [0.29, 0.717) is 32.7 Å². The first-order valence-electron chi connectivity index (χ1n) is 13.5. The van der Waals surface area contributed by atoms with E-state index in [0.717, 1.165) is 69.5 Å². The third-order valence-corrected chi connectivity index (χ3v) is 5.88. The Morgan fingerprint density at radius 2 is 1.21 bits per heavy atom. The average Bonchev–Trinajstić information content (AvgIpc) is 2.82. The van der Waals surface area contributed by atoms with Gasteiger partial charge >= 0.3 is 5.97 Å². The van der Waals surface area contributed by atoms with Gasteiger partial charge in [-0.2, -0.15) is 0 Å². The van der Waals surface area contributed by atoms with Gasteiger partial charge in [-0.25, -0.2) is 0 Å². The predicted octanol–water partition coefficient (Wildman–Crippen LogP) is 8.68. The molecular formula is C28H51BrO4. The van der Waals surface area contributed by atoms with Gasteiger partial charge in [0, 0.05) is 25.0 Å². The summed E-state index contributed by atoms with van der Waals surface area (Å²) in [6.45, 7) is 6.18. The van der Waals surface area contributed by atoms with Gasteiger partial charge in [-0.15, -0.1) is 0 Å². The standard InChI is InChI=1S/C28H51BrO4/c1-3-5-7-9-14-19-25-32-28(33-26-20-15-10-8-6-4-2)22-21-27(30)31-24-18-16-12-11-13-17-23-29/h5-8,28H,3-4,9-26H2,1-2H3/b7-5-,8-6-. The van der Waals surface area contributed by atoms with Crippen molar-refractivity contribution in [1.82, 2.24) is 0 Å².